The number of benzene rings is 1. The van der Waals surface area contributed by atoms with Crippen LogP contribution in [0.4, 0.5) is 4.39 Å². The Morgan fingerprint density at radius 2 is 1.79 bits per heavy atom. The molecule has 1 fully saturated rings. The smallest absolute Gasteiger partial charge is 0.423 e. The molecule has 1 aliphatic rings. The van der Waals surface area contributed by atoms with Crippen molar-refractivity contribution in [3.63, 3.8) is 0 Å². The normalized spacial score (nSPS) is 17.7. The fraction of sp³-hybridized carbons (Fsp3) is 0.538. The van der Waals surface area contributed by atoms with E-state index in [2.05, 4.69) is 16.7 Å². The molecule has 1 saturated heterocycles. The molecule has 0 bridgehead atoms. The van der Waals surface area contributed by atoms with Crippen LogP contribution >= 0.6 is 0 Å². The van der Waals surface area contributed by atoms with Crippen LogP contribution in [0.15, 0.2) is 18.2 Å². The second kappa shape index (κ2) is 6.48. The Morgan fingerprint density at radius 1 is 1.16 bits per heavy atom. The van der Waals surface area contributed by atoms with E-state index in [0.717, 1.165) is 44.8 Å². The minimum Gasteiger partial charge on any atom is -0.423 e. The molecule has 0 amide bonds. The maximum atomic E-state index is 13.4. The maximum absolute atomic E-state index is 13.4. The summed E-state index contributed by atoms with van der Waals surface area (Å²) in [6.07, 6.45) is 0. The predicted octanol–water partition coefficient (Wildman–Crippen LogP) is -0.357. The van der Waals surface area contributed by atoms with Crippen LogP contribution in [-0.4, -0.2) is 59.7 Å². The molecule has 6 heteroatoms. The van der Waals surface area contributed by atoms with Gasteiger partial charge in [0, 0.05) is 38.2 Å². The van der Waals surface area contributed by atoms with E-state index in [1.54, 1.807) is 6.07 Å². The SMILES string of the molecule is CCN1CCN(Cc2ccc(F)c(B(O)O)c2)CC1. The first kappa shape index (κ1) is 14.5. The second-order valence-corrected chi connectivity index (χ2v) is 4.94. The zero-order valence-corrected chi connectivity index (χ0v) is 11.2. The Morgan fingerprint density at radius 3 is 2.37 bits per heavy atom. The highest BCUT2D eigenvalue weighted by molar-refractivity contribution is 6.58. The monoisotopic (exact) mass is 266 g/mol. The van der Waals surface area contributed by atoms with E-state index in [1.807, 2.05) is 0 Å². The lowest BCUT2D eigenvalue weighted by Crippen LogP contribution is -2.45. The summed E-state index contributed by atoms with van der Waals surface area (Å²) in [5.41, 5.74) is 0.860. The van der Waals surface area contributed by atoms with Crippen LogP contribution in [0.2, 0.25) is 0 Å². The average molecular weight is 266 g/mol. The number of likely N-dealkylation sites (N-methyl/N-ethyl adjacent to an activating group) is 1. The quantitative estimate of drug-likeness (QED) is 0.731. The Bertz CT molecular complexity index is 423. The lowest BCUT2D eigenvalue weighted by Gasteiger charge is -2.34. The van der Waals surface area contributed by atoms with E-state index in [9.17, 15) is 4.39 Å². The molecule has 0 spiro atoms. The van der Waals surface area contributed by atoms with Crippen molar-refractivity contribution < 1.29 is 14.4 Å². The van der Waals surface area contributed by atoms with Crippen LogP contribution < -0.4 is 5.46 Å². The van der Waals surface area contributed by atoms with Crippen molar-refractivity contribution in [2.45, 2.75) is 13.5 Å². The highest BCUT2D eigenvalue weighted by Gasteiger charge is 2.19. The molecule has 2 N–H and O–H groups in total. The van der Waals surface area contributed by atoms with Crippen molar-refractivity contribution in [2.24, 2.45) is 0 Å². The number of hydrogen-bond acceptors (Lipinski definition) is 4. The molecule has 0 aliphatic carbocycles. The summed E-state index contributed by atoms with van der Waals surface area (Å²) in [4.78, 5) is 4.69. The third-order valence-corrected chi connectivity index (χ3v) is 3.66. The van der Waals surface area contributed by atoms with Gasteiger partial charge in [0.1, 0.15) is 5.82 Å². The number of hydrogen-bond donors (Lipinski definition) is 2. The Labute approximate surface area is 113 Å². The second-order valence-electron chi connectivity index (χ2n) is 4.94. The van der Waals surface area contributed by atoms with E-state index >= 15 is 0 Å². The molecular weight excluding hydrogens is 246 g/mol. The van der Waals surface area contributed by atoms with Crippen LogP contribution in [0.3, 0.4) is 0 Å². The molecule has 1 aliphatic heterocycles. The van der Waals surface area contributed by atoms with Crippen LogP contribution in [0.25, 0.3) is 0 Å². The summed E-state index contributed by atoms with van der Waals surface area (Å²) >= 11 is 0. The fourth-order valence-corrected chi connectivity index (χ4v) is 2.41. The minimum absolute atomic E-state index is 0.0512. The first-order valence-electron chi connectivity index (χ1n) is 6.69. The molecule has 0 unspecified atom stereocenters. The van der Waals surface area contributed by atoms with Gasteiger partial charge in [-0.05, 0) is 18.2 Å². The van der Waals surface area contributed by atoms with Gasteiger partial charge in [-0.3, -0.25) is 4.90 Å². The van der Waals surface area contributed by atoms with Gasteiger partial charge in [-0.2, -0.15) is 0 Å². The number of rotatable bonds is 4. The topological polar surface area (TPSA) is 46.9 Å². The summed E-state index contributed by atoms with van der Waals surface area (Å²) in [6, 6.07) is 4.53. The van der Waals surface area contributed by atoms with Crippen molar-refractivity contribution in [1.29, 1.82) is 0 Å². The molecule has 0 radical (unpaired) electrons. The molecule has 2 rings (SSSR count). The van der Waals surface area contributed by atoms with Gasteiger partial charge in [-0.15, -0.1) is 0 Å². The summed E-state index contributed by atoms with van der Waals surface area (Å²) in [7, 11) is -1.75. The number of piperazine rings is 1. The van der Waals surface area contributed by atoms with Gasteiger partial charge in [-0.25, -0.2) is 4.39 Å². The molecule has 1 aromatic carbocycles. The first-order valence-corrected chi connectivity index (χ1v) is 6.69. The molecule has 1 aromatic rings. The lowest BCUT2D eigenvalue weighted by atomic mass is 9.79. The van der Waals surface area contributed by atoms with Crippen molar-refractivity contribution >= 4 is 12.6 Å². The number of halogens is 1. The molecule has 19 heavy (non-hydrogen) atoms. The standard InChI is InChI=1S/C13H20BFN2O2/c1-2-16-5-7-17(8-6-16)10-11-3-4-13(15)12(9-11)14(18)19/h3-4,9,18-19H,2,5-8,10H2,1H3. The maximum Gasteiger partial charge on any atom is 0.491 e. The molecular formula is C13H20BFN2O2. The summed E-state index contributed by atoms with van der Waals surface area (Å²) in [6.45, 7) is 8.03. The molecule has 1 heterocycles. The van der Waals surface area contributed by atoms with E-state index < -0.39 is 12.9 Å². The van der Waals surface area contributed by atoms with Gasteiger partial charge in [-0.1, -0.05) is 19.1 Å². The largest absolute Gasteiger partial charge is 0.491 e. The van der Waals surface area contributed by atoms with Gasteiger partial charge in [0.05, 0.1) is 0 Å². The molecule has 0 saturated carbocycles. The van der Waals surface area contributed by atoms with E-state index in [-0.39, 0.29) is 5.46 Å². The summed E-state index contributed by atoms with van der Waals surface area (Å²) < 4.78 is 13.4. The van der Waals surface area contributed by atoms with Gasteiger partial charge in [0.25, 0.3) is 0 Å². The Kier molecular flexibility index (Phi) is 4.93. The third-order valence-electron chi connectivity index (χ3n) is 3.66. The predicted molar refractivity (Wildman–Crippen MR) is 73.6 cm³/mol. The van der Waals surface area contributed by atoms with Gasteiger partial charge < -0.3 is 14.9 Å². The highest BCUT2D eigenvalue weighted by atomic mass is 19.1. The van der Waals surface area contributed by atoms with Gasteiger partial charge in [0.15, 0.2) is 0 Å². The van der Waals surface area contributed by atoms with Crippen LogP contribution in [0, 0.1) is 5.82 Å². The van der Waals surface area contributed by atoms with Crippen molar-refractivity contribution in [3.05, 3.63) is 29.6 Å². The summed E-state index contributed by atoms with van der Waals surface area (Å²) in [5, 5.41) is 18.2. The highest BCUT2D eigenvalue weighted by Crippen LogP contribution is 2.09. The van der Waals surface area contributed by atoms with E-state index in [0.29, 0.717) is 0 Å². The molecule has 4 nitrogen and oxygen atoms in total. The van der Waals surface area contributed by atoms with Gasteiger partial charge >= 0.3 is 7.12 Å². The Hall–Kier alpha value is -0.945. The van der Waals surface area contributed by atoms with Crippen LogP contribution in [0.1, 0.15) is 12.5 Å². The lowest BCUT2D eigenvalue weighted by molar-refractivity contribution is 0.132. The van der Waals surface area contributed by atoms with E-state index in [4.69, 9.17) is 10.0 Å². The summed E-state index contributed by atoms with van der Waals surface area (Å²) in [5.74, 6) is -0.574. The number of nitrogens with zero attached hydrogens (tertiary/aromatic N) is 2. The zero-order chi connectivity index (χ0) is 13.8. The molecule has 0 atom stereocenters. The van der Waals surface area contributed by atoms with Crippen molar-refractivity contribution in [2.75, 3.05) is 32.7 Å². The molecule has 0 aromatic heterocycles. The van der Waals surface area contributed by atoms with E-state index in [1.165, 1.54) is 12.1 Å². The minimum atomic E-state index is -1.75. The third kappa shape index (κ3) is 3.76. The van der Waals surface area contributed by atoms with Crippen LogP contribution in [-0.2, 0) is 6.54 Å². The fourth-order valence-electron chi connectivity index (χ4n) is 2.41. The van der Waals surface area contributed by atoms with Crippen LogP contribution in [0.5, 0.6) is 0 Å². The first-order chi connectivity index (χ1) is 9.10. The van der Waals surface area contributed by atoms with Crippen molar-refractivity contribution in [3.8, 4) is 0 Å². The average Bonchev–Trinajstić information content (AvgIpc) is 2.41. The zero-order valence-electron chi connectivity index (χ0n) is 11.2. The van der Waals surface area contributed by atoms with Gasteiger partial charge in [0.2, 0.25) is 0 Å². The van der Waals surface area contributed by atoms with Crippen molar-refractivity contribution in [1.82, 2.24) is 9.80 Å². The Balaban J connectivity index is 1.98. The molecule has 104 valence electrons.